The monoisotopic (exact) mass is 234 g/mol. The van der Waals surface area contributed by atoms with Crippen LogP contribution in [0.5, 0.6) is 0 Å². The summed E-state index contributed by atoms with van der Waals surface area (Å²) in [6.45, 7) is 0. The zero-order valence-corrected chi connectivity index (χ0v) is 9.90. The molecule has 3 heteroatoms. The van der Waals surface area contributed by atoms with E-state index in [-0.39, 0.29) is 11.5 Å². The summed E-state index contributed by atoms with van der Waals surface area (Å²) in [5.41, 5.74) is 2.66. The van der Waals surface area contributed by atoms with Gasteiger partial charge in [-0.1, -0.05) is 35.9 Å². The zero-order valence-electron chi connectivity index (χ0n) is 9.14. The lowest BCUT2D eigenvalue weighted by atomic mass is 9.83. The Bertz CT molecular complexity index is 406. The first-order chi connectivity index (χ1) is 7.84. The van der Waals surface area contributed by atoms with E-state index in [1.807, 2.05) is 0 Å². The van der Waals surface area contributed by atoms with E-state index >= 15 is 0 Å². The number of azo groups is 1. The fourth-order valence-corrected chi connectivity index (χ4v) is 3.03. The van der Waals surface area contributed by atoms with Crippen LogP contribution < -0.4 is 0 Å². The molecule has 3 unspecified atom stereocenters. The van der Waals surface area contributed by atoms with E-state index in [2.05, 4.69) is 34.5 Å². The van der Waals surface area contributed by atoms with Crippen molar-refractivity contribution in [1.82, 2.24) is 0 Å². The maximum Gasteiger partial charge on any atom is 0.148 e. The highest BCUT2D eigenvalue weighted by Gasteiger charge is 2.31. The first-order valence-electron chi connectivity index (χ1n) is 5.94. The summed E-state index contributed by atoms with van der Waals surface area (Å²) in [6, 6.07) is 0.187. The van der Waals surface area contributed by atoms with Gasteiger partial charge in [-0.05, 0) is 36.3 Å². The van der Waals surface area contributed by atoms with Crippen molar-refractivity contribution >= 4 is 11.6 Å². The molecule has 3 atom stereocenters. The number of fused-ring (bicyclic) bond motifs is 3. The minimum atomic E-state index is -0.154. The van der Waals surface area contributed by atoms with Crippen LogP contribution in [0.1, 0.15) is 25.7 Å². The van der Waals surface area contributed by atoms with Crippen LogP contribution >= 0.6 is 11.6 Å². The van der Waals surface area contributed by atoms with Crippen molar-refractivity contribution in [3.05, 3.63) is 35.5 Å². The van der Waals surface area contributed by atoms with Crippen LogP contribution in [-0.2, 0) is 0 Å². The first-order valence-corrected chi connectivity index (χ1v) is 6.38. The lowest BCUT2D eigenvalue weighted by molar-refractivity contribution is 0.532. The van der Waals surface area contributed by atoms with Gasteiger partial charge in [0, 0.05) is 6.42 Å². The molecule has 0 amide bonds. The molecule has 84 valence electrons. The van der Waals surface area contributed by atoms with Crippen LogP contribution in [0.2, 0.25) is 0 Å². The van der Waals surface area contributed by atoms with E-state index in [4.69, 9.17) is 11.6 Å². The molecular weight excluding hydrogens is 220 g/mol. The van der Waals surface area contributed by atoms with Crippen molar-refractivity contribution in [1.29, 1.82) is 0 Å². The maximum atomic E-state index is 6.03. The summed E-state index contributed by atoms with van der Waals surface area (Å²) in [7, 11) is 0. The number of rotatable bonds is 0. The number of allylic oxidation sites excluding steroid dienone is 4. The predicted octanol–water partition coefficient (Wildman–Crippen LogP) is 4.00. The summed E-state index contributed by atoms with van der Waals surface area (Å²) in [6.07, 6.45) is 13.4. The number of hydrogen-bond donors (Lipinski definition) is 0. The minimum absolute atomic E-state index is 0.154. The van der Waals surface area contributed by atoms with Crippen molar-refractivity contribution in [3.63, 3.8) is 0 Å². The molecule has 0 saturated heterocycles. The fraction of sp³-hybridized carbons (Fsp3) is 0.538. The van der Waals surface area contributed by atoms with Crippen molar-refractivity contribution in [2.24, 2.45) is 16.1 Å². The smallest absolute Gasteiger partial charge is 0.148 e. The normalized spacial score (nSPS) is 36.9. The summed E-state index contributed by atoms with van der Waals surface area (Å²) in [5, 5.41) is 8.53. The second kappa shape index (κ2) is 4.17. The average Bonchev–Trinajstić information content (AvgIpc) is 2.47. The molecule has 0 N–H and O–H groups in total. The van der Waals surface area contributed by atoms with E-state index in [0.717, 1.165) is 19.3 Å². The van der Waals surface area contributed by atoms with Crippen LogP contribution in [0, 0.1) is 5.92 Å². The Kier molecular flexibility index (Phi) is 2.68. The molecule has 0 bridgehead atoms. The van der Waals surface area contributed by atoms with Crippen LogP contribution in [-0.4, -0.2) is 11.5 Å². The second-order valence-corrected chi connectivity index (χ2v) is 5.16. The number of halogens is 1. The molecule has 3 aliphatic rings. The van der Waals surface area contributed by atoms with Gasteiger partial charge in [-0.2, -0.15) is 10.2 Å². The number of nitrogens with zero attached hydrogens (tertiary/aromatic N) is 2. The standard InChI is InChI=1S/C13H15ClN2/c14-12-8-10-6-3-5-9-4-1-2-7-11(9)13(10)16-15-12/h1-2,6-7,9,12-13H,3-5,8H2. The molecule has 16 heavy (non-hydrogen) atoms. The van der Waals surface area contributed by atoms with Gasteiger partial charge in [0.15, 0.2) is 0 Å². The summed E-state index contributed by atoms with van der Waals surface area (Å²) < 4.78 is 0. The van der Waals surface area contributed by atoms with E-state index in [0.29, 0.717) is 5.92 Å². The highest BCUT2D eigenvalue weighted by molar-refractivity contribution is 6.20. The molecule has 1 heterocycles. The van der Waals surface area contributed by atoms with Crippen molar-refractivity contribution in [2.75, 3.05) is 0 Å². The topological polar surface area (TPSA) is 24.7 Å². The van der Waals surface area contributed by atoms with Gasteiger partial charge < -0.3 is 0 Å². The van der Waals surface area contributed by atoms with Gasteiger partial charge >= 0.3 is 0 Å². The Hall–Kier alpha value is -0.890. The van der Waals surface area contributed by atoms with E-state index in [1.54, 1.807) is 0 Å². The third-order valence-corrected chi connectivity index (χ3v) is 3.86. The third kappa shape index (κ3) is 1.75. The Morgan fingerprint density at radius 1 is 1.31 bits per heavy atom. The zero-order chi connectivity index (χ0) is 11.0. The van der Waals surface area contributed by atoms with Crippen LogP contribution in [0.15, 0.2) is 45.7 Å². The van der Waals surface area contributed by atoms with Crippen LogP contribution in [0.25, 0.3) is 0 Å². The Morgan fingerprint density at radius 3 is 3.19 bits per heavy atom. The molecule has 0 aromatic rings. The van der Waals surface area contributed by atoms with Gasteiger partial charge in [0.2, 0.25) is 0 Å². The molecule has 2 nitrogen and oxygen atoms in total. The molecule has 0 fully saturated rings. The lowest BCUT2D eigenvalue weighted by Gasteiger charge is -2.27. The van der Waals surface area contributed by atoms with Crippen molar-refractivity contribution < 1.29 is 0 Å². The number of hydrogen-bond acceptors (Lipinski definition) is 2. The molecule has 3 rings (SSSR count). The SMILES string of the molecule is ClC1CC2=CCCC3CC=CC=C3C2N=N1. The molecule has 1 aliphatic heterocycles. The van der Waals surface area contributed by atoms with Gasteiger partial charge in [-0.25, -0.2) is 0 Å². The average molecular weight is 235 g/mol. The highest BCUT2D eigenvalue weighted by atomic mass is 35.5. The predicted molar refractivity (Wildman–Crippen MR) is 65.5 cm³/mol. The van der Waals surface area contributed by atoms with Gasteiger partial charge in [0.1, 0.15) is 11.5 Å². The molecule has 0 aromatic carbocycles. The maximum absolute atomic E-state index is 6.03. The van der Waals surface area contributed by atoms with Gasteiger partial charge in [-0.15, -0.1) is 0 Å². The Balaban J connectivity index is 1.99. The molecule has 0 saturated carbocycles. The first kappa shape index (κ1) is 10.3. The summed E-state index contributed by atoms with van der Waals surface area (Å²) in [5.74, 6) is 0.662. The lowest BCUT2D eigenvalue weighted by Crippen LogP contribution is -2.22. The quantitative estimate of drug-likeness (QED) is 0.344. The van der Waals surface area contributed by atoms with Crippen LogP contribution in [0.3, 0.4) is 0 Å². The van der Waals surface area contributed by atoms with Gasteiger partial charge in [0.25, 0.3) is 0 Å². The second-order valence-electron chi connectivity index (χ2n) is 4.66. The van der Waals surface area contributed by atoms with Crippen molar-refractivity contribution in [2.45, 2.75) is 37.2 Å². The van der Waals surface area contributed by atoms with E-state index in [1.165, 1.54) is 17.6 Å². The van der Waals surface area contributed by atoms with Gasteiger partial charge in [0.05, 0.1) is 0 Å². The highest BCUT2D eigenvalue weighted by Crippen LogP contribution is 2.39. The van der Waals surface area contributed by atoms with E-state index < -0.39 is 0 Å². The summed E-state index contributed by atoms with van der Waals surface area (Å²) in [4.78, 5) is 0. The molecule has 0 aromatic heterocycles. The number of alkyl halides is 1. The van der Waals surface area contributed by atoms with Gasteiger partial charge in [-0.3, -0.25) is 0 Å². The minimum Gasteiger partial charge on any atom is -0.180 e. The Labute approximate surface area is 101 Å². The Morgan fingerprint density at radius 2 is 2.25 bits per heavy atom. The third-order valence-electron chi connectivity index (χ3n) is 3.62. The molecule has 2 aliphatic carbocycles. The molecular formula is C13H15ClN2. The molecule has 0 spiro atoms. The largest absolute Gasteiger partial charge is 0.180 e. The van der Waals surface area contributed by atoms with Crippen LogP contribution in [0.4, 0.5) is 0 Å². The molecule has 0 radical (unpaired) electrons. The van der Waals surface area contributed by atoms with Crippen molar-refractivity contribution in [3.8, 4) is 0 Å². The van der Waals surface area contributed by atoms with E-state index in [9.17, 15) is 0 Å². The fourth-order valence-electron chi connectivity index (χ4n) is 2.80. The summed E-state index contributed by atoms with van der Waals surface area (Å²) >= 11 is 6.03.